The highest BCUT2D eigenvalue weighted by atomic mass is 79.9. The predicted octanol–water partition coefficient (Wildman–Crippen LogP) is 0.553. The van der Waals surface area contributed by atoms with E-state index < -0.39 is 0 Å². The minimum Gasteiger partial charge on any atom is -0.383 e. The minimum absolute atomic E-state index is 0.0337. The highest BCUT2D eigenvalue weighted by molar-refractivity contribution is 9.10. The summed E-state index contributed by atoms with van der Waals surface area (Å²) in [7, 11) is 0. The third kappa shape index (κ3) is 1.44. The molecule has 0 saturated carbocycles. The molecule has 2 rings (SSSR count). The van der Waals surface area contributed by atoms with Gasteiger partial charge in [-0.15, -0.1) is 0 Å². The fourth-order valence-corrected chi connectivity index (χ4v) is 1.86. The molecule has 0 radical (unpaired) electrons. The molecule has 0 aromatic carbocycles. The number of halogens is 1. The Bertz CT molecular complexity index is 606. The smallest absolute Gasteiger partial charge is 0.253 e. The van der Waals surface area contributed by atoms with E-state index in [1.165, 1.54) is 0 Å². The fraction of sp³-hybridized carbons (Fsp3) is 0.125. The van der Waals surface area contributed by atoms with Crippen LogP contribution in [0.15, 0.2) is 9.27 Å². The van der Waals surface area contributed by atoms with Crippen molar-refractivity contribution in [2.45, 2.75) is 6.92 Å². The Morgan fingerprint density at radius 1 is 1.33 bits per heavy atom. The first-order chi connectivity index (χ1) is 7.00. The molecule has 0 unspecified atom stereocenters. The van der Waals surface area contributed by atoms with Crippen LogP contribution >= 0.6 is 15.9 Å². The Morgan fingerprint density at radius 3 is 2.67 bits per heavy atom. The summed E-state index contributed by atoms with van der Waals surface area (Å²) in [5.74, 6) is 0.273. The number of nitrogens with two attached hydrogens (primary N) is 2. The molecule has 0 fully saturated rings. The topological polar surface area (TPSA) is 111 Å². The second-order valence-electron chi connectivity index (χ2n) is 3.08. The zero-order valence-corrected chi connectivity index (χ0v) is 9.42. The summed E-state index contributed by atoms with van der Waals surface area (Å²) < 4.78 is 0.596. The SMILES string of the molecule is Cc1c(Br)c2c(N)nc(N)nc2[nH]c1=O. The largest absolute Gasteiger partial charge is 0.383 e. The molecule has 0 aliphatic carbocycles. The Balaban J connectivity index is 3.05. The van der Waals surface area contributed by atoms with Crippen molar-refractivity contribution in [1.29, 1.82) is 0 Å². The monoisotopic (exact) mass is 269 g/mol. The standard InChI is InChI=1S/C8H8BrN5O/c1-2-4(9)3-5(10)12-8(11)14-6(3)13-7(2)15/h1H3,(H5,10,11,12,13,14,15). The molecule has 0 aliphatic heterocycles. The molecule has 2 aromatic rings. The van der Waals surface area contributed by atoms with Gasteiger partial charge in [-0.2, -0.15) is 9.97 Å². The first kappa shape index (κ1) is 9.91. The summed E-state index contributed by atoms with van der Waals surface area (Å²) in [6.45, 7) is 1.68. The van der Waals surface area contributed by atoms with E-state index in [1.54, 1.807) is 6.92 Å². The molecule has 0 amide bonds. The number of rotatable bonds is 0. The molecular formula is C8H8BrN5O. The second-order valence-corrected chi connectivity index (χ2v) is 3.88. The van der Waals surface area contributed by atoms with Crippen LogP contribution in [-0.4, -0.2) is 15.0 Å². The van der Waals surface area contributed by atoms with Gasteiger partial charge in [0.2, 0.25) is 5.95 Å². The van der Waals surface area contributed by atoms with Gasteiger partial charge in [-0.05, 0) is 22.9 Å². The lowest BCUT2D eigenvalue weighted by Gasteiger charge is -2.05. The van der Waals surface area contributed by atoms with Crippen LogP contribution in [0.25, 0.3) is 11.0 Å². The van der Waals surface area contributed by atoms with Gasteiger partial charge in [-0.1, -0.05) is 0 Å². The molecule has 15 heavy (non-hydrogen) atoms. The Hall–Kier alpha value is -1.63. The third-order valence-corrected chi connectivity index (χ3v) is 3.07. The van der Waals surface area contributed by atoms with Crippen LogP contribution in [0.2, 0.25) is 0 Å². The van der Waals surface area contributed by atoms with Gasteiger partial charge in [0.1, 0.15) is 11.5 Å². The molecule has 5 N–H and O–H groups in total. The Kier molecular flexibility index (Phi) is 2.11. The van der Waals surface area contributed by atoms with E-state index in [1.807, 2.05) is 0 Å². The first-order valence-corrected chi connectivity index (χ1v) is 4.91. The van der Waals surface area contributed by atoms with Gasteiger partial charge >= 0.3 is 0 Å². The molecule has 78 valence electrons. The lowest BCUT2D eigenvalue weighted by atomic mass is 10.2. The average molecular weight is 270 g/mol. The molecule has 2 heterocycles. The highest BCUT2D eigenvalue weighted by Crippen LogP contribution is 2.26. The maximum absolute atomic E-state index is 11.4. The van der Waals surface area contributed by atoms with Crippen LogP contribution in [0.3, 0.4) is 0 Å². The van der Waals surface area contributed by atoms with Gasteiger partial charge < -0.3 is 16.5 Å². The zero-order valence-electron chi connectivity index (χ0n) is 7.84. The molecule has 0 saturated heterocycles. The number of anilines is 2. The number of hydrogen-bond donors (Lipinski definition) is 3. The number of fused-ring (bicyclic) bond motifs is 1. The van der Waals surface area contributed by atoms with Crippen molar-refractivity contribution in [3.8, 4) is 0 Å². The lowest BCUT2D eigenvalue weighted by Crippen LogP contribution is -2.13. The third-order valence-electron chi connectivity index (χ3n) is 2.08. The molecule has 2 aromatic heterocycles. The van der Waals surface area contributed by atoms with E-state index in [2.05, 4.69) is 30.9 Å². The number of hydrogen-bond acceptors (Lipinski definition) is 5. The maximum atomic E-state index is 11.4. The van der Waals surface area contributed by atoms with Crippen molar-refractivity contribution >= 4 is 38.7 Å². The molecule has 7 heteroatoms. The maximum Gasteiger partial charge on any atom is 0.253 e. The summed E-state index contributed by atoms with van der Waals surface area (Å²) in [5, 5.41) is 0.571. The summed E-state index contributed by atoms with van der Waals surface area (Å²) in [4.78, 5) is 21.8. The molecular weight excluding hydrogens is 262 g/mol. The Morgan fingerprint density at radius 2 is 2.00 bits per heavy atom. The van der Waals surface area contributed by atoms with E-state index in [0.29, 0.717) is 21.1 Å². The van der Waals surface area contributed by atoms with E-state index in [-0.39, 0.29) is 17.3 Å². The van der Waals surface area contributed by atoms with E-state index in [0.717, 1.165) is 0 Å². The van der Waals surface area contributed by atoms with Crippen LogP contribution in [0.5, 0.6) is 0 Å². The number of nitrogens with one attached hydrogen (secondary N) is 1. The van der Waals surface area contributed by atoms with Crippen molar-refractivity contribution in [2.24, 2.45) is 0 Å². The van der Waals surface area contributed by atoms with Gasteiger partial charge in [0.25, 0.3) is 5.56 Å². The van der Waals surface area contributed by atoms with Crippen LogP contribution in [-0.2, 0) is 0 Å². The molecule has 0 spiro atoms. The van der Waals surface area contributed by atoms with Gasteiger partial charge in [0, 0.05) is 10.0 Å². The van der Waals surface area contributed by atoms with Crippen molar-refractivity contribution < 1.29 is 0 Å². The molecule has 0 atom stereocenters. The van der Waals surface area contributed by atoms with Crippen LogP contribution in [0.4, 0.5) is 11.8 Å². The number of aromatic nitrogens is 3. The normalized spacial score (nSPS) is 10.8. The van der Waals surface area contributed by atoms with Crippen molar-refractivity contribution in [1.82, 2.24) is 15.0 Å². The van der Waals surface area contributed by atoms with Gasteiger partial charge in [-0.3, -0.25) is 4.79 Å². The fourth-order valence-electron chi connectivity index (χ4n) is 1.29. The van der Waals surface area contributed by atoms with Crippen LogP contribution in [0.1, 0.15) is 5.56 Å². The predicted molar refractivity (Wildman–Crippen MR) is 61.4 cm³/mol. The summed E-state index contributed by atoms with van der Waals surface area (Å²) >= 11 is 3.29. The Labute approximate surface area is 92.8 Å². The van der Waals surface area contributed by atoms with Gasteiger partial charge in [0.15, 0.2) is 0 Å². The summed E-state index contributed by atoms with van der Waals surface area (Å²) in [6, 6.07) is 0. The number of nitrogen functional groups attached to an aromatic ring is 2. The minimum atomic E-state index is -0.230. The van der Waals surface area contributed by atoms with Crippen molar-refractivity contribution in [3.05, 3.63) is 20.4 Å². The molecule has 0 aliphatic rings. The van der Waals surface area contributed by atoms with Gasteiger partial charge in [-0.25, -0.2) is 0 Å². The lowest BCUT2D eigenvalue weighted by molar-refractivity contribution is 1.15. The molecule has 0 bridgehead atoms. The van der Waals surface area contributed by atoms with Gasteiger partial charge in [0.05, 0.1) is 5.39 Å². The number of H-pyrrole nitrogens is 1. The second kappa shape index (κ2) is 3.20. The highest BCUT2D eigenvalue weighted by Gasteiger charge is 2.11. The van der Waals surface area contributed by atoms with E-state index in [4.69, 9.17) is 11.5 Å². The summed E-state index contributed by atoms with van der Waals surface area (Å²) in [6.07, 6.45) is 0. The number of pyridine rings is 1. The van der Waals surface area contributed by atoms with E-state index in [9.17, 15) is 4.79 Å². The van der Waals surface area contributed by atoms with Crippen LogP contribution < -0.4 is 17.0 Å². The number of aromatic amines is 1. The van der Waals surface area contributed by atoms with Crippen LogP contribution in [0, 0.1) is 6.92 Å². The zero-order chi connectivity index (χ0) is 11.2. The average Bonchev–Trinajstić information content (AvgIpc) is 2.13. The quantitative estimate of drug-likeness (QED) is 0.647. The van der Waals surface area contributed by atoms with Crippen molar-refractivity contribution in [3.63, 3.8) is 0 Å². The summed E-state index contributed by atoms with van der Waals surface area (Å²) in [5.41, 5.74) is 11.8. The number of nitrogens with zero attached hydrogens (tertiary/aromatic N) is 2. The first-order valence-electron chi connectivity index (χ1n) is 4.11. The van der Waals surface area contributed by atoms with Crippen molar-refractivity contribution in [2.75, 3.05) is 11.5 Å². The van der Waals surface area contributed by atoms with E-state index >= 15 is 0 Å². The molecule has 6 nitrogen and oxygen atoms in total.